The molecule has 0 radical (unpaired) electrons. The van der Waals surface area contributed by atoms with Crippen molar-refractivity contribution in [3.8, 4) is 0 Å². The molecule has 3 rings (SSSR count). The van der Waals surface area contributed by atoms with Crippen LogP contribution >= 0.6 is 0 Å². The first-order valence-electron chi connectivity index (χ1n) is 11.1. The summed E-state index contributed by atoms with van der Waals surface area (Å²) in [7, 11) is 5.49. The van der Waals surface area contributed by atoms with Crippen molar-refractivity contribution >= 4 is 17.6 Å². The molecule has 7 heteroatoms. The molecule has 0 saturated carbocycles. The molecule has 1 aliphatic rings. The fourth-order valence-electron chi connectivity index (χ4n) is 3.66. The summed E-state index contributed by atoms with van der Waals surface area (Å²) in [5, 5.41) is 3.37. The number of nitrogens with zero attached hydrogens (tertiary/aromatic N) is 4. The maximum absolute atomic E-state index is 12.0. The monoisotopic (exact) mass is 425 g/mol. The standard InChI is InChI=1S/C24H35N5O2/c1-27(2)23(30)18-26-24(25-14-13-22-8-7-17-31-22)28(3)19-20-9-11-21(12-10-20)29-15-5-4-6-16-29/h7-12,17H,4-6,13-16,18-19H2,1-3H3,(H,25,26). The molecule has 2 heterocycles. The SMILES string of the molecule is CN(C)C(=O)CN=C(NCCc1ccco1)N(C)Cc1ccc(N2CCCCC2)cc1. The van der Waals surface area contributed by atoms with Crippen LogP contribution in [0.25, 0.3) is 0 Å². The van der Waals surface area contributed by atoms with E-state index in [2.05, 4.69) is 44.4 Å². The number of rotatable bonds is 8. The minimum Gasteiger partial charge on any atom is -0.469 e. The van der Waals surface area contributed by atoms with Crippen LogP contribution in [0.15, 0.2) is 52.1 Å². The van der Waals surface area contributed by atoms with Crippen molar-refractivity contribution in [1.82, 2.24) is 15.1 Å². The molecule has 0 aliphatic carbocycles. The predicted octanol–water partition coefficient (Wildman–Crippen LogP) is 2.98. The Hall–Kier alpha value is -2.96. The molecule has 0 atom stereocenters. The summed E-state index contributed by atoms with van der Waals surface area (Å²) >= 11 is 0. The molecule has 1 fully saturated rings. The van der Waals surface area contributed by atoms with Crippen LogP contribution in [0.1, 0.15) is 30.6 Å². The smallest absolute Gasteiger partial charge is 0.243 e. The second-order valence-electron chi connectivity index (χ2n) is 8.25. The van der Waals surface area contributed by atoms with Gasteiger partial charge in [0, 0.05) is 59.4 Å². The molecule has 1 saturated heterocycles. The molecular weight excluding hydrogens is 390 g/mol. The number of aliphatic imine (C=N–C) groups is 1. The van der Waals surface area contributed by atoms with Crippen LogP contribution in [0.3, 0.4) is 0 Å². The van der Waals surface area contributed by atoms with E-state index in [1.807, 2.05) is 19.2 Å². The zero-order chi connectivity index (χ0) is 22.1. The second kappa shape index (κ2) is 11.4. The third kappa shape index (κ3) is 7.05. The molecule has 0 spiro atoms. The van der Waals surface area contributed by atoms with Gasteiger partial charge in [-0.25, -0.2) is 4.99 Å². The first-order valence-corrected chi connectivity index (χ1v) is 11.1. The van der Waals surface area contributed by atoms with E-state index in [-0.39, 0.29) is 12.5 Å². The third-order valence-corrected chi connectivity index (χ3v) is 5.54. The van der Waals surface area contributed by atoms with Crippen LogP contribution in [0.5, 0.6) is 0 Å². The molecule has 1 aromatic carbocycles. The van der Waals surface area contributed by atoms with Gasteiger partial charge >= 0.3 is 0 Å². The molecule has 1 aliphatic heterocycles. The predicted molar refractivity (Wildman–Crippen MR) is 125 cm³/mol. The number of carbonyl (C=O) groups is 1. The molecular formula is C24H35N5O2. The van der Waals surface area contributed by atoms with Gasteiger partial charge in [0.05, 0.1) is 6.26 Å². The van der Waals surface area contributed by atoms with E-state index in [0.29, 0.717) is 19.0 Å². The molecule has 31 heavy (non-hydrogen) atoms. The highest BCUT2D eigenvalue weighted by Gasteiger charge is 2.13. The number of carbonyl (C=O) groups excluding carboxylic acids is 1. The first-order chi connectivity index (χ1) is 15.0. The van der Waals surface area contributed by atoms with Crippen molar-refractivity contribution in [2.45, 2.75) is 32.2 Å². The lowest BCUT2D eigenvalue weighted by atomic mass is 10.1. The van der Waals surface area contributed by atoms with Crippen molar-refractivity contribution < 1.29 is 9.21 Å². The number of hydrogen-bond acceptors (Lipinski definition) is 4. The highest BCUT2D eigenvalue weighted by molar-refractivity contribution is 5.84. The van der Waals surface area contributed by atoms with E-state index >= 15 is 0 Å². The van der Waals surface area contributed by atoms with Gasteiger partial charge in [0.25, 0.3) is 0 Å². The van der Waals surface area contributed by atoms with Crippen molar-refractivity contribution in [2.75, 3.05) is 52.2 Å². The Kier molecular flexibility index (Phi) is 8.38. The largest absolute Gasteiger partial charge is 0.469 e. The van der Waals surface area contributed by atoms with Crippen LogP contribution in [-0.2, 0) is 17.8 Å². The lowest BCUT2D eigenvalue weighted by Gasteiger charge is -2.29. The number of piperidine rings is 1. The number of furan rings is 1. The minimum absolute atomic E-state index is 0.0235. The van der Waals surface area contributed by atoms with Gasteiger partial charge in [-0.05, 0) is 49.1 Å². The summed E-state index contributed by atoms with van der Waals surface area (Å²) in [5.41, 5.74) is 2.51. The maximum atomic E-state index is 12.0. The molecule has 1 aromatic heterocycles. The second-order valence-corrected chi connectivity index (χ2v) is 8.25. The summed E-state index contributed by atoms with van der Waals surface area (Å²) in [6.45, 7) is 3.81. The molecule has 1 N–H and O–H groups in total. The lowest BCUT2D eigenvalue weighted by Crippen LogP contribution is -2.40. The maximum Gasteiger partial charge on any atom is 0.243 e. The van der Waals surface area contributed by atoms with Crippen LogP contribution in [0, 0.1) is 0 Å². The van der Waals surface area contributed by atoms with Gasteiger partial charge in [-0.1, -0.05) is 12.1 Å². The van der Waals surface area contributed by atoms with Gasteiger partial charge in [0.2, 0.25) is 5.91 Å². The summed E-state index contributed by atoms with van der Waals surface area (Å²) < 4.78 is 5.40. The Balaban J connectivity index is 1.61. The molecule has 1 amide bonds. The Morgan fingerprint density at radius 1 is 1.10 bits per heavy atom. The van der Waals surface area contributed by atoms with Gasteiger partial charge < -0.3 is 24.4 Å². The Labute approximate surface area is 185 Å². The van der Waals surface area contributed by atoms with E-state index in [9.17, 15) is 4.79 Å². The Morgan fingerprint density at radius 3 is 2.48 bits per heavy atom. The minimum atomic E-state index is -0.0235. The van der Waals surface area contributed by atoms with Crippen LogP contribution in [0.4, 0.5) is 5.69 Å². The number of benzene rings is 1. The van der Waals surface area contributed by atoms with Gasteiger partial charge in [0.15, 0.2) is 5.96 Å². The number of guanidine groups is 1. The van der Waals surface area contributed by atoms with Crippen LogP contribution in [-0.4, -0.2) is 69.0 Å². The summed E-state index contributed by atoms with van der Waals surface area (Å²) in [5.74, 6) is 1.61. The summed E-state index contributed by atoms with van der Waals surface area (Å²) in [4.78, 5) is 22.7. The fraction of sp³-hybridized carbons (Fsp3) is 0.500. The van der Waals surface area contributed by atoms with Gasteiger partial charge in [-0.15, -0.1) is 0 Å². The number of amides is 1. The van der Waals surface area contributed by atoms with Crippen LogP contribution in [0.2, 0.25) is 0 Å². The molecule has 2 aromatic rings. The van der Waals surface area contributed by atoms with Gasteiger partial charge in [0.1, 0.15) is 12.3 Å². The third-order valence-electron chi connectivity index (χ3n) is 5.54. The Morgan fingerprint density at radius 2 is 1.84 bits per heavy atom. The van der Waals surface area contributed by atoms with E-state index in [0.717, 1.165) is 25.3 Å². The first kappa shape index (κ1) is 22.7. The zero-order valence-corrected chi connectivity index (χ0v) is 19.0. The number of hydrogen-bond donors (Lipinski definition) is 1. The normalized spacial score (nSPS) is 14.4. The molecule has 0 bridgehead atoms. The molecule has 7 nitrogen and oxygen atoms in total. The van der Waals surface area contributed by atoms with Crippen molar-refractivity contribution in [3.63, 3.8) is 0 Å². The average molecular weight is 426 g/mol. The topological polar surface area (TPSA) is 64.3 Å². The van der Waals surface area contributed by atoms with E-state index in [1.54, 1.807) is 25.3 Å². The highest BCUT2D eigenvalue weighted by Crippen LogP contribution is 2.20. The summed E-state index contributed by atoms with van der Waals surface area (Å²) in [6, 6.07) is 12.6. The van der Waals surface area contributed by atoms with E-state index < -0.39 is 0 Å². The van der Waals surface area contributed by atoms with Crippen LogP contribution < -0.4 is 10.2 Å². The average Bonchev–Trinajstić information content (AvgIpc) is 3.30. The van der Waals surface area contributed by atoms with Crippen molar-refractivity contribution in [1.29, 1.82) is 0 Å². The van der Waals surface area contributed by atoms with Crippen molar-refractivity contribution in [3.05, 3.63) is 54.0 Å². The Bertz CT molecular complexity index is 824. The van der Waals surface area contributed by atoms with E-state index in [1.165, 1.54) is 30.5 Å². The summed E-state index contributed by atoms with van der Waals surface area (Å²) in [6.07, 6.45) is 6.33. The van der Waals surface area contributed by atoms with Gasteiger partial charge in [-0.2, -0.15) is 0 Å². The number of nitrogens with one attached hydrogen (secondary N) is 1. The highest BCUT2D eigenvalue weighted by atomic mass is 16.3. The number of anilines is 1. The lowest BCUT2D eigenvalue weighted by molar-refractivity contribution is -0.127. The zero-order valence-electron chi connectivity index (χ0n) is 19.0. The molecule has 0 unspecified atom stereocenters. The quantitative estimate of drug-likeness (QED) is 0.520. The number of likely N-dealkylation sites (N-methyl/N-ethyl adjacent to an activating group) is 1. The van der Waals surface area contributed by atoms with Crippen molar-refractivity contribution in [2.24, 2.45) is 4.99 Å². The fourth-order valence-corrected chi connectivity index (χ4v) is 3.66. The van der Waals surface area contributed by atoms with E-state index in [4.69, 9.17) is 4.42 Å². The van der Waals surface area contributed by atoms with Gasteiger partial charge in [-0.3, -0.25) is 4.79 Å². The molecule has 168 valence electrons.